The summed E-state index contributed by atoms with van der Waals surface area (Å²) in [6.45, 7) is 4.61. The summed E-state index contributed by atoms with van der Waals surface area (Å²) >= 11 is 0. The van der Waals surface area contributed by atoms with Gasteiger partial charge in [-0.05, 0) is 48.4 Å². The fourth-order valence-electron chi connectivity index (χ4n) is 1.85. The summed E-state index contributed by atoms with van der Waals surface area (Å²) in [4.78, 5) is 23.9. The summed E-state index contributed by atoms with van der Waals surface area (Å²) in [7, 11) is 0. The van der Waals surface area contributed by atoms with E-state index in [0.717, 1.165) is 0 Å². The molecule has 5 nitrogen and oxygen atoms in total. The average molecular weight is 330 g/mol. The normalized spacial score (nSPS) is 10.3. The smallest absolute Gasteiger partial charge is 0.269 e. The second kappa shape index (κ2) is 8.10. The average Bonchev–Trinajstić information content (AvgIpc) is 2.58. The van der Waals surface area contributed by atoms with Gasteiger partial charge in [0.2, 0.25) is 0 Å². The van der Waals surface area contributed by atoms with Gasteiger partial charge >= 0.3 is 0 Å². The van der Waals surface area contributed by atoms with E-state index in [-0.39, 0.29) is 5.56 Å². The van der Waals surface area contributed by atoms with E-state index < -0.39 is 17.6 Å². The van der Waals surface area contributed by atoms with Crippen LogP contribution in [0.1, 0.15) is 34.6 Å². The van der Waals surface area contributed by atoms with E-state index in [1.165, 1.54) is 24.3 Å². The lowest BCUT2D eigenvalue weighted by atomic mass is 10.2. The zero-order chi connectivity index (χ0) is 17.5. The maximum Gasteiger partial charge on any atom is 0.269 e. The highest BCUT2D eigenvalue weighted by atomic mass is 19.1. The first-order chi connectivity index (χ1) is 11.5. The van der Waals surface area contributed by atoms with Gasteiger partial charge in [0.05, 0.1) is 6.61 Å². The van der Waals surface area contributed by atoms with Gasteiger partial charge in [0.25, 0.3) is 11.8 Å². The SMILES string of the molecule is CC(C)COc1cccc(C(=O)NNC(=O)c2ccc(F)cc2)c1. The minimum atomic E-state index is -0.532. The highest BCUT2D eigenvalue weighted by Crippen LogP contribution is 2.14. The van der Waals surface area contributed by atoms with Crippen LogP contribution in [0.5, 0.6) is 5.75 Å². The van der Waals surface area contributed by atoms with Crippen molar-refractivity contribution >= 4 is 11.8 Å². The lowest BCUT2D eigenvalue weighted by Gasteiger charge is -2.11. The van der Waals surface area contributed by atoms with E-state index >= 15 is 0 Å². The van der Waals surface area contributed by atoms with Crippen LogP contribution in [0.25, 0.3) is 0 Å². The number of ether oxygens (including phenoxy) is 1. The van der Waals surface area contributed by atoms with Crippen LogP contribution in [0.2, 0.25) is 0 Å². The lowest BCUT2D eigenvalue weighted by molar-refractivity contribution is 0.0846. The molecule has 0 aromatic heterocycles. The molecule has 0 heterocycles. The summed E-state index contributed by atoms with van der Waals surface area (Å²) in [5, 5.41) is 0. The molecule has 0 unspecified atom stereocenters. The number of benzene rings is 2. The van der Waals surface area contributed by atoms with Gasteiger partial charge in [0.15, 0.2) is 0 Å². The topological polar surface area (TPSA) is 67.4 Å². The van der Waals surface area contributed by atoms with Crippen molar-refractivity contribution in [3.8, 4) is 5.75 Å². The molecule has 2 aromatic carbocycles. The molecule has 2 rings (SSSR count). The van der Waals surface area contributed by atoms with Crippen molar-refractivity contribution in [2.24, 2.45) is 5.92 Å². The summed E-state index contributed by atoms with van der Waals surface area (Å²) in [6, 6.07) is 11.7. The fourth-order valence-corrected chi connectivity index (χ4v) is 1.85. The second-order valence-electron chi connectivity index (χ2n) is 5.65. The third-order valence-corrected chi connectivity index (χ3v) is 3.08. The highest BCUT2D eigenvalue weighted by Gasteiger charge is 2.10. The van der Waals surface area contributed by atoms with Crippen LogP contribution >= 0.6 is 0 Å². The molecule has 0 saturated heterocycles. The molecule has 0 atom stereocenters. The quantitative estimate of drug-likeness (QED) is 0.828. The predicted octanol–water partition coefficient (Wildman–Crippen LogP) is 2.94. The maximum atomic E-state index is 12.8. The Labute approximate surface area is 139 Å². The number of amides is 2. The molecule has 0 fully saturated rings. The van der Waals surface area contributed by atoms with Crippen molar-refractivity contribution < 1.29 is 18.7 Å². The van der Waals surface area contributed by atoms with Crippen molar-refractivity contribution in [3.63, 3.8) is 0 Å². The van der Waals surface area contributed by atoms with Gasteiger partial charge in [-0.15, -0.1) is 0 Å². The zero-order valence-corrected chi connectivity index (χ0v) is 13.5. The third kappa shape index (κ3) is 5.08. The van der Waals surface area contributed by atoms with E-state index in [0.29, 0.717) is 23.8 Å². The van der Waals surface area contributed by atoms with Crippen LogP contribution in [0.4, 0.5) is 4.39 Å². The Hall–Kier alpha value is -2.89. The number of hydrogen-bond donors (Lipinski definition) is 2. The zero-order valence-electron chi connectivity index (χ0n) is 13.5. The minimum Gasteiger partial charge on any atom is -0.493 e. The highest BCUT2D eigenvalue weighted by molar-refractivity contribution is 5.99. The molecule has 24 heavy (non-hydrogen) atoms. The van der Waals surface area contributed by atoms with Gasteiger partial charge in [0.1, 0.15) is 11.6 Å². The van der Waals surface area contributed by atoms with Gasteiger partial charge in [-0.1, -0.05) is 19.9 Å². The Morgan fingerprint density at radius 3 is 2.25 bits per heavy atom. The van der Waals surface area contributed by atoms with E-state index in [1.54, 1.807) is 24.3 Å². The summed E-state index contributed by atoms with van der Waals surface area (Å²) in [5.41, 5.74) is 5.20. The van der Waals surface area contributed by atoms with E-state index in [9.17, 15) is 14.0 Å². The molecule has 0 aliphatic carbocycles. The largest absolute Gasteiger partial charge is 0.493 e. The van der Waals surface area contributed by atoms with Crippen LogP contribution in [0.15, 0.2) is 48.5 Å². The number of hydrogen-bond acceptors (Lipinski definition) is 3. The molecule has 2 aromatic rings. The Bertz CT molecular complexity index is 714. The molecular weight excluding hydrogens is 311 g/mol. The molecule has 0 bridgehead atoms. The number of hydrazine groups is 1. The van der Waals surface area contributed by atoms with Gasteiger partial charge in [-0.2, -0.15) is 0 Å². The first-order valence-corrected chi connectivity index (χ1v) is 7.55. The minimum absolute atomic E-state index is 0.241. The van der Waals surface area contributed by atoms with E-state index in [1.807, 2.05) is 13.8 Å². The van der Waals surface area contributed by atoms with Gasteiger partial charge in [-0.3, -0.25) is 20.4 Å². The number of carbonyl (C=O) groups is 2. The monoisotopic (exact) mass is 330 g/mol. The molecule has 0 aliphatic rings. The Morgan fingerprint density at radius 2 is 1.62 bits per heavy atom. The standard InChI is InChI=1S/C18H19FN2O3/c1-12(2)11-24-16-5-3-4-14(10-16)18(23)21-20-17(22)13-6-8-15(19)9-7-13/h3-10,12H,11H2,1-2H3,(H,20,22)(H,21,23). The van der Waals surface area contributed by atoms with Crippen molar-refractivity contribution in [2.75, 3.05) is 6.61 Å². The fraction of sp³-hybridized carbons (Fsp3) is 0.222. The Morgan fingerprint density at radius 1 is 1.00 bits per heavy atom. The Kier molecular flexibility index (Phi) is 5.89. The number of rotatable bonds is 5. The van der Waals surface area contributed by atoms with Gasteiger partial charge < -0.3 is 4.74 Å². The summed E-state index contributed by atoms with van der Waals surface area (Å²) in [5.74, 6) is -0.483. The van der Waals surface area contributed by atoms with Crippen molar-refractivity contribution in [1.29, 1.82) is 0 Å². The van der Waals surface area contributed by atoms with Crippen LogP contribution in [-0.2, 0) is 0 Å². The maximum absolute atomic E-state index is 12.8. The van der Waals surface area contributed by atoms with Crippen molar-refractivity contribution in [1.82, 2.24) is 10.9 Å². The molecule has 0 radical (unpaired) electrons. The third-order valence-electron chi connectivity index (χ3n) is 3.08. The van der Waals surface area contributed by atoms with Crippen LogP contribution in [0, 0.1) is 11.7 Å². The molecule has 6 heteroatoms. The molecule has 126 valence electrons. The first kappa shape index (κ1) is 17.5. The summed E-state index contributed by atoms with van der Waals surface area (Å²) < 4.78 is 18.4. The number of carbonyl (C=O) groups excluding carboxylic acids is 2. The molecule has 0 saturated carbocycles. The van der Waals surface area contributed by atoms with Gasteiger partial charge in [-0.25, -0.2) is 4.39 Å². The first-order valence-electron chi connectivity index (χ1n) is 7.55. The summed E-state index contributed by atoms with van der Waals surface area (Å²) in [6.07, 6.45) is 0. The van der Waals surface area contributed by atoms with E-state index in [2.05, 4.69) is 10.9 Å². The van der Waals surface area contributed by atoms with Crippen molar-refractivity contribution in [2.45, 2.75) is 13.8 Å². The molecule has 0 aliphatic heterocycles. The molecule has 2 N–H and O–H groups in total. The van der Waals surface area contributed by atoms with Gasteiger partial charge in [0, 0.05) is 11.1 Å². The lowest BCUT2D eigenvalue weighted by Crippen LogP contribution is -2.41. The van der Waals surface area contributed by atoms with Crippen LogP contribution < -0.4 is 15.6 Å². The predicted molar refractivity (Wildman–Crippen MR) is 88.1 cm³/mol. The molecular formula is C18H19FN2O3. The van der Waals surface area contributed by atoms with Crippen molar-refractivity contribution in [3.05, 3.63) is 65.5 Å². The van der Waals surface area contributed by atoms with Crippen LogP contribution in [0.3, 0.4) is 0 Å². The molecule has 2 amide bonds. The van der Waals surface area contributed by atoms with Crippen LogP contribution in [-0.4, -0.2) is 18.4 Å². The van der Waals surface area contributed by atoms with E-state index in [4.69, 9.17) is 4.74 Å². The molecule has 0 spiro atoms. The Balaban J connectivity index is 1.93. The number of nitrogens with one attached hydrogen (secondary N) is 2. The number of halogens is 1. The second-order valence-corrected chi connectivity index (χ2v) is 5.65.